The molecule has 0 bridgehead atoms. The number of benzene rings is 1. The molecule has 1 N–H and O–H groups in total. The zero-order chi connectivity index (χ0) is 9.80. The fraction of sp³-hybridized carbons (Fsp3) is 0.455. The van der Waals surface area contributed by atoms with Crippen LogP contribution in [0.4, 0.5) is 0 Å². The topological polar surface area (TPSA) is 29.5 Å². The van der Waals surface area contributed by atoms with Crippen LogP contribution in [0.3, 0.4) is 0 Å². The van der Waals surface area contributed by atoms with Gasteiger partial charge in [0.25, 0.3) is 0 Å². The Morgan fingerprint density at radius 1 is 1.21 bits per heavy atom. The quantitative estimate of drug-likeness (QED) is 0.815. The van der Waals surface area contributed by atoms with Gasteiger partial charge in [0.15, 0.2) is 0 Å². The Morgan fingerprint density at radius 2 is 2.00 bits per heavy atom. The minimum absolute atomic E-state index is 0.202. The van der Waals surface area contributed by atoms with E-state index in [2.05, 4.69) is 0 Å². The molecule has 2 unspecified atom stereocenters. The Kier molecular flexibility index (Phi) is 3.84. The van der Waals surface area contributed by atoms with Crippen molar-refractivity contribution in [2.75, 3.05) is 6.61 Å². The fourth-order valence-corrected chi connectivity index (χ4v) is 7.35. The monoisotopic (exact) mass is 300 g/mol. The predicted molar refractivity (Wildman–Crippen MR) is 59.0 cm³/mol. The van der Waals surface area contributed by atoms with Crippen molar-refractivity contribution in [3.8, 4) is 0 Å². The molecule has 0 saturated carbocycles. The van der Waals surface area contributed by atoms with Crippen LogP contribution >= 0.6 is 0 Å². The molecule has 2 atom stereocenters. The summed E-state index contributed by atoms with van der Waals surface area (Å²) in [6.45, 7) is 0.839. The third-order valence-corrected chi connectivity index (χ3v) is 9.27. The maximum atomic E-state index is 10.2. The molecule has 0 amide bonds. The summed E-state index contributed by atoms with van der Waals surface area (Å²) in [5.74, 6) is 0. The first-order chi connectivity index (χ1) is 6.88. The third-order valence-electron chi connectivity index (χ3n) is 2.71. The van der Waals surface area contributed by atoms with Crippen LogP contribution in [0.15, 0.2) is 30.3 Å². The number of rotatable bonds is 2. The Hall–Kier alpha value is -0.0613. The van der Waals surface area contributed by atoms with Gasteiger partial charge in [0.05, 0.1) is 0 Å². The molecule has 1 aromatic rings. The van der Waals surface area contributed by atoms with E-state index in [9.17, 15) is 3.44 Å². The molecular formula is C11H16O2Sn. The molecule has 1 aliphatic heterocycles. The van der Waals surface area contributed by atoms with Crippen molar-refractivity contribution in [1.82, 2.24) is 0 Å². The van der Waals surface area contributed by atoms with Crippen molar-refractivity contribution >= 4 is 23.8 Å². The van der Waals surface area contributed by atoms with Gasteiger partial charge < -0.3 is 0 Å². The van der Waals surface area contributed by atoms with E-state index in [0.717, 1.165) is 19.4 Å². The summed E-state index contributed by atoms with van der Waals surface area (Å²) in [5.41, 5.74) is 0. The summed E-state index contributed by atoms with van der Waals surface area (Å²) in [5, 5.41) is 0. The van der Waals surface area contributed by atoms with Gasteiger partial charge in [-0.1, -0.05) is 0 Å². The molecule has 0 spiro atoms. The van der Waals surface area contributed by atoms with Crippen LogP contribution in [0, 0.1) is 0 Å². The molecule has 0 radical (unpaired) electrons. The van der Waals surface area contributed by atoms with E-state index >= 15 is 0 Å². The van der Waals surface area contributed by atoms with E-state index in [1.54, 1.807) is 0 Å². The zero-order valence-electron chi connectivity index (χ0n) is 8.23. The first-order valence-electron chi connectivity index (χ1n) is 5.22. The molecule has 1 fully saturated rings. The van der Waals surface area contributed by atoms with Crippen LogP contribution in [-0.2, 0) is 4.74 Å². The second-order valence-electron chi connectivity index (χ2n) is 3.76. The molecule has 14 heavy (non-hydrogen) atoms. The van der Waals surface area contributed by atoms with Crippen molar-refractivity contribution in [3.05, 3.63) is 30.3 Å². The summed E-state index contributed by atoms with van der Waals surface area (Å²) in [6.07, 6.45) is 3.43. The van der Waals surface area contributed by atoms with Gasteiger partial charge >= 0.3 is 92.3 Å². The van der Waals surface area contributed by atoms with E-state index < -0.39 is 20.2 Å². The zero-order valence-corrected chi connectivity index (χ0v) is 11.5. The van der Waals surface area contributed by atoms with Crippen molar-refractivity contribution < 1.29 is 8.18 Å². The van der Waals surface area contributed by atoms with Crippen molar-refractivity contribution in [1.29, 1.82) is 0 Å². The van der Waals surface area contributed by atoms with E-state index in [-0.39, 0.29) is 4.12 Å². The van der Waals surface area contributed by atoms with E-state index in [1.165, 1.54) is 10.0 Å². The van der Waals surface area contributed by atoms with Crippen molar-refractivity contribution in [2.24, 2.45) is 0 Å². The normalized spacial score (nSPS) is 24.5. The summed E-state index contributed by atoms with van der Waals surface area (Å²) < 4.78 is 17.2. The minimum atomic E-state index is -2.58. The second kappa shape index (κ2) is 5.14. The Labute approximate surface area is 92.2 Å². The molecule has 1 aromatic carbocycles. The first-order valence-corrected chi connectivity index (χ1v) is 10.2. The van der Waals surface area contributed by atoms with Gasteiger partial charge in [-0.2, -0.15) is 0 Å². The molecular weight excluding hydrogens is 283 g/mol. The molecule has 3 heteroatoms. The average Bonchev–Trinajstić information content (AvgIpc) is 2.30. The molecule has 76 valence electrons. The van der Waals surface area contributed by atoms with Gasteiger partial charge in [-0.05, 0) is 0 Å². The molecule has 2 nitrogen and oxygen atoms in total. The maximum absolute atomic E-state index is 10.2. The predicted octanol–water partition coefficient (Wildman–Crippen LogP) is 0.718. The standard InChI is InChI=1S/C6H5.C5H9O.H2O.Sn.H/c2*1-2-4-6-5-3-1;;;/h1-5H;4H,1-3,5H2;1H2;;/q;;;+1;/p-1. The fourth-order valence-electron chi connectivity index (χ4n) is 1.88. The van der Waals surface area contributed by atoms with Gasteiger partial charge in [-0.25, -0.2) is 0 Å². The van der Waals surface area contributed by atoms with Gasteiger partial charge in [0.2, 0.25) is 0 Å². The SMILES string of the molecule is [OH][SnH]([c]1ccccc1)[CH]1CCCCO1. The first kappa shape index (κ1) is 10.5. The Bertz CT molecular complexity index is 270. The molecule has 1 saturated heterocycles. The van der Waals surface area contributed by atoms with Gasteiger partial charge in [0.1, 0.15) is 0 Å². The molecule has 1 aliphatic rings. The molecule has 0 aliphatic carbocycles. The van der Waals surface area contributed by atoms with Gasteiger partial charge in [-0.3, -0.25) is 0 Å². The Morgan fingerprint density at radius 3 is 2.64 bits per heavy atom. The number of hydrogen-bond donors (Lipinski definition) is 1. The molecule has 0 aromatic heterocycles. The van der Waals surface area contributed by atoms with Crippen LogP contribution in [0.2, 0.25) is 0 Å². The average molecular weight is 299 g/mol. The van der Waals surface area contributed by atoms with Crippen LogP contribution < -0.4 is 3.58 Å². The number of hydrogen-bond acceptors (Lipinski definition) is 2. The third kappa shape index (κ3) is 2.49. The molecule has 1 heterocycles. The molecule has 2 rings (SSSR count). The second-order valence-corrected chi connectivity index (χ2v) is 10.3. The summed E-state index contributed by atoms with van der Waals surface area (Å²) in [4.78, 5) is 0. The summed E-state index contributed by atoms with van der Waals surface area (Å²) in [6, 6.07) is 10.1. The van der Waals surface area contributed by atoms with Crippen LogP contribution in [0.25, 0.3) is 0 Å². The number of ether oxygens (including phenoxy) is 1. The van der Waals surface area contributed by atoms with Crippen LogP contribution in [0.1, 0.15) is 19.3 Å². The van der Waals surface area contributed by atoms with E-state index in [1.807, 2.05) is 30.3 Å². The van der Waals surface area contributed by atoms with Crippen LogP contribution in [-0.4, -0.2) is 34.3 Å². The van der Waals surface area contributed by atoms with Crippen LogP contribution in [0.5, 0.6) is 0 Å². The Balaban J connectivity index is 2.03. The van der Waals surface area contributed by atoms with Gasteiger partial charge in [0, 0.05) is 0 Å². The van der Waals surface area contributed by atoms with E-state index in [4.69, 9.17) is 4.74 Å². The van der Waals surface area contributed by atoms with Crippen molar-refractivity contribution in [2.45, 2.75) is 23.4 Å². The van der Waals surface area contributed by atoms with Crippen molar-refractivity contribution in [3.63, 3.8) is 0 Å². The summed E-state index contributed by atoms with van der Waals surface area (Å²) in [7, 11) is 0. The van der Waals surface area contributed by atoms with Gasteiger partial charge in [-0.15, -0.1) is 0 Å². The summed E-state index contributed by atoms with van der Waals surface area (Å²) >= 11 is -2.58. The van der Waals surface area contributed by atoms with E-state index in [0.29, 0.717) is 0 Å².